The Labute approximate surface area is 163 Å². The van der Waals surface area contributed by atoms with Crippen LogP contribution in [-0.2, 0) is 20.5 Å². The number of amides is 1. The van der Waals surface area contributed by atoms with Crippen LogP contribution in [0.25, 0.3) is 0 Å². The Morgan fingerprint density at radius 2 is 2.00 bits per heavy atom. The molecule has 0 aliphatic heterocycles. The van der Waals surface area contributed by atoms with E-state index in [1.165, 1.54) is 0 Å². The smallest absolute Gasteiger partial charge is 0.258 e. The highest BCUT2D eigenvalue weighted by molar-refractivity contribution is 7.94. The Morgan fingerprint density at radius 3 is 2.70 bits per heavy atom. The molecule has 7 nitrogen and oxygen atoms in total. The molecule has 0 heterocycles. The largest absolute Gasteiger partial charge is 0.495 e. The first-order chi connectivity index (χ1) is 13.0. The number of aryl methyl sites for hydroxylation is 1. The third-order valence-corrected chi connectivity index (χ3v) is 4.44. The van der Waals surface area contributed by atoms with Gasteiger partial charge in [0.05, 0.1) is 24.0 Å². The maximum atomic E-state index is 12.1. The maximum absolute atomic E-state index is 12.1. The van der Waals surface area contributed by atoms with Gasteiger partial charge in [-0.2, -0.15) is 5.90 Å². The first-order valence-electron chi connectivity index (χ1n) is 8.38. The van der Waals surface area contributed by atoms with Crippen LogP contribution in [-0.4, -0.2) is 25.7 Å². The average Bonchev–Trinajstić information content (AvgIpc) is 2.65. The minimum absolute atomic E-state index is 0.0272. The number of hydrogen-bond donors (Lipinski definition) is 2. The van der Waals surface area contributed by atoms with E-state index >= 15 is 0 Å². The molecule has 0 aliphatic rings. The molecule has 2 aromatic rings. The Kier molecular flexibility index (Phi) is 8.41. The predicted molar refractivity (Wildman–Crippen MR) is 103 cm³/mol. The summed E-state index contributed by atoms with van der Waals surface area (Å²) in [5.41, 5.74) is 2.00. The minimum atomic E-state index is -0.172. The molecule has 0 fully saturated rings. The van der Waals surface area contributed by atoms with E-state index in [1.54, 1.807) is 7.11 Å². The normalized spacial score (nSPS) is 11.7. The molecule has 8 heteroatoms. The van der Waals surface area contributed by atoms with Crippen molar-refractivity contribution in [3.63, 3.8) is 0 Å². The molecule has 0 aliphatic carbocycles. The van der Waals surface area contributed by atoms with Crippen LogP contribution in [0.5, 0.6) is 11.5 Å². The number of methoxy groups -OCH3 is 1. The fraction of sp³-hybridized carbons (Fsp3) is 0.316. The summed E-state index contributed by atoms with van der Waals surface area (Å²) in [5, 5.41) is 2.93. The van der Waals surface area contributed by atoms with E-state index in [9.17, 15) is 4.79 Å². The molecular formula is C19H24N2O5S. The summed E-state index contributed by atoms with van der Waals surface area (Å²) in [5.74, 6) is 6.06. The summed E-state index contributed by atoms with van der Waals surface area (Å²) in [6.07, 6.45) is 0.636. The van der Waals surface area contributed by atoms with Crippen molar-refractivity contribution < 1.29 is 23.6 Å². The maximum Gasteiger partial charge on any atom is 0.258 e. The molecule has 0 spiro atoms. The summed E-state index contributed by atoms with van der Waals surface area (Å²) in [6, 6.07) is 13.2. The van der Waals surface area contributed by atoms with Gasteiger partial charge in [-0.3, -0.25) is 4.79 Å². The quantitative estimate of drug-likeness (QED) is 0.365. The lowest BCUT2D eigenvalue weighted by Crippen LogP contribution is -2.37. The van der Waals surface area contributed by atoms with Gasteiger partial charge in [-0.25, -0.2) is 0 Å². The van der Waals surface area contributed by atoms with E-state index in [0.717, 1.165) is 28.1 Å². The number of para-hydroxylation sites is 1. The summed E-state index contributed by atoms with van der Waals surface area (Å²) >= 11 is 0.954. The highest BCUT2D eigenvalue weighted by atomic mass is 32.2. The van der Waals surface area contributed by atoms with E-state index in [2.05, 4.69) is 10.3 Å². The molecule has 0 radical (unpaired) electrons. The molecule has 1 amide bonds. The molecule has 0 bridgehead atoms. The van der Waals surface area contributed by atoms with Gasteiger partial charge < -0.3 is 14.8 Å². The van der Waals surface area contributed by atoms with Gasteiger partial charge in [0.2, 0.25) is 0 Å². The second kappa shape index (κ2) is 10.8. The van der Waals surface area contributed by atoms with Gasteiger partial charge in [0, 0.05) is 6.04 Å². The van der Waals surface area contributed by atoms with E-state index in [-0.39, 0.29) is 18.6 Å². The molecule has 2 aromatic carbocycles. The summed E-state index contributed by atoms with van der Waals surface area (Å²) in [4.78, 5) is 17.0. The van der Waals surface area contributed by atoms with Crippen molar-refractivity contribution in [2.24, 2.45) is 5.90 Å². The number of nitrogens with one attached hydrogen (secondary N) is 1. The summed E-state index contributed by atoms with van der Waals surface area (Å²) in [7, 11) is 1.57. The van der Waals surface area contributed by atoms with Crippen LogP contribution >= 0.6 is 12.0 Å². The lowest BCUT2D eigenvalue weighted by molar-refractivity contribution is -0.195. The standard InChI is InChI=1S/C19H24N2O5S/c1-13-6-4-5-7-16(13)24-12-19(22)21-14(2)10-15-8-9-17(23-3)18(11-15)27-26-25-20/h4-9,11,14H,10,12,20H2,1-3H3,(H,21,22). The zero-order chi connectivity index (χ0) is 19.6. The molecule has 1 atom stereocenters. The Bertz CT molecular complexity index is 757. The zero-order valence-corrected chi connectivity index (χ0v) is 16.4. The van der Waals surface area contributed by atoms with Crippen molar-refractivity contribution in [3.05, 3.63) is 53.6 Å². The Morgan fingerprint density at radius 1 is 1.22 bits per heavy atom. The molecule has 0 aromatic heterocycles. The molecule has 27 heavy (non-hydrogen) atoms. The highest BCUT2D eigenvalue weighted by Crippen LogP contribution is 2.31. The van der Waals surface area contributed by atoms with Crippen LogP contribution in [0.3, 0.4) is 0 Å². The number of benzene rings is 2. The molecule has 1 unspecified atom stereocenters. The third kappa shape index (κ3) is 6.76. The Balaban J connectivity index is 1.88. The van der Waals surface area contributed by atoms with Crippen molar-refractivity contribution in [1.82, 2.24) is 5.32 Å². The lowest BCUT2D eigenvalue weighted by atomic mass is 10.1. The van der Waals surface area contributed by atoms with Gasteiger partial charge in [0.1, 0.15) is 11.5 Å². The fourth-order valence-electron chi connectivity index (χ4n) is 2.55. The van der Waals surface area contributed by atoms with Crippen molar-refractivity contribution in [2.75, 3.05) is 13.7 Å². The number of rotatable bonds is 10. The van der Waals surface area contributed by atoms with Crippen LogP contribution < -0.4 is 20.7 Å². The molecule has 3 N–H and O–H groups in total. The van der Waals surface area contributed by atoms with Gasteiger partial charge in [0.15, 0.2) is 6.61 Å². The Hall–Kier alpha value is -2.26. The number of nitrogens with two attached hydrogens (primary N) is 1. The van der Waals surface area contributed by atoms with Gasteiger partial charge >= 0.3 is 0 Å². The molecular weight excluding hydrogens is 368 g/mol. The van der Waals surface area contributed by atoms with Crippen LogP contribution in [0.15, 0.2) is 47.4 Å². The summed E-state index contributed by atoms with van der Waals surface area (Å²) < 4.78 is 15.5. The third-order valence-electron chi connectivity index (χ3n) is 3.79. The highest BCUT2D eigenvalue weighted by Gasteiger charge is 2.12. The first-order valence-corrected chi connectivity index (χ1v) is 9.12. The lowest BCUT2D eigenvalue weighted by Gasteiger charge is -2.16. The van der Waals surface area contributed by atoms with E-state index < -0.39 is 0 Å². The fourth-order valence-corrected chi connectivity index (χ4v) is 3.10. The van der Waals surface area contributed by atoms with Gasteiger partial charge in [-0.1, -0.05) is 24.3 Å². The molecule has 0 saturated carbocycles. The molecule has 0 saturated heterocycles. The van der Waals surface area contributed by atoms with Crippen molar-refractivity contribution >= 4 is 17.9 Å². The van der Waals surface area contributed by atoms with E-state index in [0.29, 0.717) is 17.9 Å². The van der Waals surface area contributed by atoms with E-state index in [4.69, 9.17) is 19.7 Å². The van der Waals surface area contributed by atoms with Crippen LogP contribution in [0.2, 0.25) is 0 Å². The minimum Gasteiger partial charge on any atom is -0.495 e. The second-order valence-corrected chi connectivity index (χ2v) is 6.70. The van der Waals surface area contributed by atoms with Gasteiger partial charge in [0.25, 0.3) is 5.91 Å². The van der Waals surface area contributed by atoms with Crippen molar-refractivity contribution in [1.29, 1.82) is 0 Å². The summed E-state index contributed by atoms with van der Waals surface area (Å²) in [6.45, 7) is 3.84. The van der Waals surface area contributed by atoms with Gasteiger partial charge in [-0.15, -0.1) is 9.32 Å². The topological polar surface area (TPSA) is 92.0 Å². The number of ether oxygens (including phenoxy) is 2. The molecule has 2 rings (SSSR count). The monoisotopic (exact) mass is 392 g/mol. The molecule has 146 valence electrons. The first kappa shape index (κ1) is 21.0. The predicted octanol–water partition coefficient (Wildman–Crippen LogP) is 2.96. The van der Waals surface area contributed by atoms with Crippen molar-refractivity contribution in [2.45, 2.75) is 31.2 Å². The van der Waals surface area contributed by atoms with E-state index in [1.807, 2.05) is 56.3 Å². The van der Waals surface area contributed by atoms with Crippen LogP contribution in [0.1, 0.15) is 18.1 Å². The van der Waals surface area contributed by atoms with Crippen LogP contribution in [0, 0.1) is 6.92 Å². The second-order valence-electron chi connectivity index (χ2n) is 5.96. The zero-order valence-electron chi connectivity index (χ0n) is 15.6. The SMILES string of the molecule is COc1ccc(CC(C)NC(=O)COc2ccccc2C)cc1SOON. The van der Waals surface area contributed by atoms with Crippen LogP contribution in [0.4, 0.5) is 0 Å². The number of hydrogen-bond acceptors (Lipinski definition) is 7. The average molecular weight is 392 g/mol. The number of carbonyl (C=O) groups is 1. The number of carbonyl (C=O) groups excluding carboxylic acids is 1. The van der Waals surface area contributed by atoms with Gasteiger partial charge in [-0.05, 0) is 49.6 Å². The van der Waals surface area contributed by atoms with Crippen molar-refractivity contribution in [3.8, 4) is 11.5 Å².